The minimum absolute atomic E-state index is 0.000946. The standard InChI is InChI=1S/C17H34N4O4S/c1-18-17(21(2)9-11-24-14-15-6-7-15)19-8-12-26(22,23)20-13-16-5-3-4-10-25-16/h15-16,20H,3-14H2,1-2H3,(H,18,19). The molecular formula is C17H34N4O4S. The van der Waals surface area contributed by atoms with Crippen LogP contribution in [0.5, 0.6) is 0 Å². The van der Waals surface area contributed by atoms with Gasteiger partial charge in [-0.2, -0.15) is 0 Å². The van der Waals surface area contributed by atoms with Crippen molar-refractivity contribution in [2.45, 2.75) is 38.2 Å². The molecule has 0 spiro atoms. The fourth-order valence-electron chi connectivity index (χ4n) is 2.78. The van der Waals surface area contributed by atoms with Crippen LogP contribution in [0.1, 0.15) is 32.1 Å². The lowest BCUT2D eigenvalue weighted by atomic mass is 10.1. The number of nitrogens with zero attached hydrogens (tertiary/aromatic N) is 2. The van der Waals surface area contributed by atoms with Crippen LogP contribution in [0, 0.1) is 5.92 Å². The van der Waals surface area contributed by atoms with Crippen molar-refractivity contribution in [3.8, 4) is 0 Å². The maximum absolute atomic E-state index is 12.1. The lowest BCUT2D eigenvalue weighted by Crippen LogP contribution is -2.44. The van der Waals surface area contributed by atoms with Crippen LogP contribution < -0.4 is 10.0 Å². The van der Waals surface area contributed by atoms with Crippen molar-refractivity contribution in [3.63, 3.8) is 0 Å². The molecule has 8 nitrogen and oxygen atoms in total. The van der Waals surface area contributed by atoms with Crippen molar-refractivity contribution in [3.05, 3.63) is 0 Å². The van der Waals surface area contributed by atoms with Crippen molar-refractivity contribution in [2.75, 3.05) is 59.3 Å². The molecule has 1 saturated carbocycles. The Morgan fingerprint density at radius 2 is 2.12 bits per heavy atom. The highest BCUT2D eigenvalue weighted by Gasteiger charge is 2.21. The Balaban J connectivity index is 1.59. The smallest absolute Gasteiger partial charge is 0.213 e. The van der Waals surface area contributed by atoms with E-state index >= 15 is 0 Å². The minimum atomic E-state index is -3.32. The lowest BCUT2D eigenvalue weighted by molar-refractivity contribution is 0.0200. The normalized spacial score (nSPS) is 21.6. The van der Waals surface area contributed by atoms with Crippen LogP contribution in [-0.2, 0) is 19.5 Å². The fraction of sp³-hybridized carbons (Fsp3) is 0.941. The summed E-state index contributed by atoms with van der Waals surface area (Å²) in [5, 5.41) is 3.10. The first kappa shape index (κ1) is 21.4. The van der Waals surface area contributed by atoms with Gasteiger partial charge in [0, 0.05) is 46.9 Å². The molecule has 2 rings (SSSR count). The van der Waals surface area contributed by atoms with Gasteiger partial charge in [-0.25, -0.2) is 13.1 Å². The van der Waals surface area contributed by atoms with Crippen LogP contribution in [0.2, 0.25) is 0 Å². The van der Waals surface area contributed by atoms with Crippen molar-refractivity contribution >= 4 is 16.0 Å². The number of nitrogens with one attached hydrogen (secondary N) is 2. The lowest BCUT2D eigenvalue weighted by Gasteiger charge is -2.23. The zero-order valence-corrected chi connectivity index (χ0v) is 16.9. The zero-order valence-electron chi connectivity index (χ0n) is 16.1. The van der Waals surface area contributed by atoms with Crippen LogP contribution in [0.15, 0.2) is 4.99 Å². The van der Waals surface area contributed by atoms with Crippen molar-refractivity contribution in [1.29, 1.82) is 0 Å². The fourth-order valence-corrected chi connectivity index (χ4v) is 3.74. The Kier molecular flexibility index (Phi) is 9.10. The summed E-state index contributed by atoms with van der Waals surface area (Å²) in [5.74, 6) is 1.44. The number of sulfonamides is 1. The third-order valence-corrected chi connectivity index (χ3v) is 6.00. The first-order chi connectivity index (χ1) is 12.5. The second-order valence-electron chi connectivity index (χ2n) is 7.07. The highest BCUT2D eigenvalue weighted by atomic mass is 32.2. The highest BCUT2D eigenvalue weighted by molar-refractivity contribution is 7.89. The van der Waals surface area contributed by atoms with Gasteiger partial charge in [-0.1, -0.05) is 0 Å². The zero-order chi connectivity index (χ0) is 18.8. The number of ether oxygens (including phenoxy) is 2. The third kappa shape index (κ3) is 8.66. The average molecular weight is 391 g/mol. The van der Waals surface area contributed by atoms with Gasteiger partial charge >= 0.3 is 0 Å². The SMILES string of the molecule is CN=C(NCCS(=O)(=O)NCC1CCCCO1)N(C)CCOCC1CC1. The number of hydrogen-bond donors (Lipinski definition) is 2. The van der Waals surface area contributed by atoms with E-state index in [2.05, 4.69) is 15.0 Å². The van der Waals surface area contributed by atoms with E-state index in [1.165, 1.54) is 12.8 Å². The Labute approximate surface area is 157 Å². The second kappa shape index (κ2) is 11.1. The summed E-state index contributed by atoms with van der Waals surface area (Å²) in [6.07, 6.45) is 5.65. The summed E-state index contributed by atoms with van der Waals surface area (Å²) in [5.41, 5.74) is 0. The molecule has 0 aromatic heterocycles. The highest BCUT2D eigenvalue weighted by Crippen LogP contribution is 2.28. The first-order valence-electron chi connectivity index (χ1n) is 9.58. The summed E-state index contributed by atoms with van der Waals surface area (Å²) in [6.45, 7) is 3.59. The van der Waals surface area contributed by atoms with Crippen LogP contribution in [0.3, 0.4) is 0 Å². The Morgan fingerprint density at radius 3 is 2.77 bits per heavy atom. The minimum Gasteiger partial charge on any atom is -0.379 e. The molecule has 1 aliphatic carbocycles. The topological polar surface area (TPSA) is 92.3 Å². The monoisotopic (exact) mass is 390 g/mol. The molecule has 2 aliphatic rings. The molecule has 0 aromatic carbocycles. The molecule has 1 aliphatic heterocycles. The Morgan fingerprint density at radius 1 is 1.31 bits per heavy atom. The molecule has 0 radical (unpaired) electrons. The number of hydrogen-bond acceptors (Lipinski definition) is 5. The Hall–Kier alpha value is -0.900. The molecule has 1 atom stereocenters. The quantitative estimate of drug-likeness (QED) is 0.302. The van der Waals surface area contributed by atoms with Gasteiger partial charge in [0.25, 0.3) is 0 Å². The molecule has 1 unspecified atom stereocenters. The second-order valence-corrected chi connectivity index (χ2v) is 9.00. The third-order valence-electron chi connectivity index (χ3n) is 4.65. The summed E-state index contributed by atoms with van der Waals surface area (Å²) in [7, 11) is 0.286. The van der Waals surface area contributed by atoms with Gasteiger partial charge in [-0.3, -0.25) is 4.99 Å². The number of likely N-dealkylation sites (N-methyl/N-ethyl adjacent to an activating group) is 1. The molecule has 152 valence electrons. The van der Waals surface area contributed by atoms with Gasteiger partial charge in [0.05, 0.1) is 18.5 Å². The van der Waals surface area contributed by atoms with E-state index < -0.39 is 10.0 Å². The van der Waals surface area contributed by atoms with Gasteiger partial charge < -0.3 is 19.7 Å². The number of aliphatic imine (C=N–C) groups is 1. The van der Waals surface area contributed by atoms with E-state index in [1.807, 2.05) is 11.9 Å². The molecule has 0 amide bonds. The summed E-state index contributed by atoms with van der Waals surface area (Å²) >= 11 is 0. The van der Waals surface area contributed by atoms with E-state index in [0.29, 0.717) is 25.7 Å². The van der Waals surface area contributed by atoms with Gasteiger partial charge in [0.15, 0.2) is 5.96 Å². The summed E-state index contributed by atoms with van der Waals surface area (Å²) in [4.78, 5) is 6.14. The molecule has 26 heavy (non-hydrogen) atoms. The largest absolute Gasteiger partial charge is 0.379 e. The van der Waals surface area contributed by atoms with E-state index in [0.717, 1.165) is 44.9 Å². The van der Waals surface area contributed by atoms with E-state index in [9.17, 15) is 8.42 Å². The molecule has 9 heteroatoms. The van der Waals surface area contributed by atoms with Gasteiger partial charge in [0.2, 0.25) is 10.0 Å². The van der Waals surface area contributed by atoms with Gasteiger partial charge in [0.1, 0.15) is 0 Å². The van der Waals surface area contributed by atoms with Crippen LogP contribution in [0.4, 0.5) is 0 Å². The maximum Gasteiger partial charge on any atom is 0.213 e. The molecule has 2 N–H and O–H groups in total. The molecule has 1 heterocycles. The summed E-state index contributed by atoms with van der Waals surface area (Å²) in [6, 6.07) is 0. The van der Waals surface area contributed by atoms with Crippen molar-refractivity contribution in [2.24, 2.45) is 10.9 Å². The first-order valence-corrected chi connectivity index (χ1v) is 11.2. The van der Waals surface area contributed by atoms with Gasteiger partial charge in [-0.15, -0.1) is 0 Å². The molecule has 0 aromatic rings. The number of rotatable bonds is 11. The van der Waals surface area contributed by atoms with E-state index in [-0.39, 0.29) is 11.9 Å². The van der Waals surface area contributed by atoms with E-state index in [1.54, 1.807) is 7.05 Å². The predicted octanol–water partition coefficient (Wildman–Crippen LogP) is 0.409. The Bertz CT molecular complexity index is 531. The number of guanidine groups is 1. The van der Waals surface area contributed by atoms with E-state index in [4.69, 9.17) is 9.47 Å². The summed E-state index contributed by atoms with van der Waals surface area (Å²) < 4.78 is 38.0. The molecule has 2 fully saturated rings. The van der Waals surface area contributed by atoms with Gasteiger partial charge in [-0.05, 0) is 38.0 Å². The molecule has 0 bridgehead atoms. The maximum atomic E-state index is 12.1. The molecular weight excluding hydrogens is 356 g/mol. The molecule has 1 saturated heterocycles. The van der Waals surface area contributed by atoms with Crippen LogP contribution in [0.25, 0.3) is 0 Å². The predicted molar refractivity (Wildman–Crippen MR) is 103 cm³/mol. The van der Waals surface area contributed by atoms with Crippen molar-refractivity contribution < 1.29 is 17.9 Å². The van der Waals surface area contributed by atoms with Crippen molar-refractivity contribution in [1.82, 2.24) is 14.9 Å². The van der Waals surface area contributed by atoms with Crippen LogP contribution in [-0.4, -0.2) is 84.7 Å². The van der Waals surface area contributed by atoms with Crippen LogP contribution >= 0.6 is 0 Å². The average Bonchev–Trinajstić information content (AvgIpc) is 3.46.